The second-order valence-corrected chi connectivity index (χ2v) is 6.54. The molecule has 1 amide bonds. The van der Waals surface area contributed by atoms with Crippen LogP contribution in [0.25, 0.3) is 0 Å². The lowest BCUT2D eigenvalue weighted by Crippen LogP contribution is -2.14. The Kier molecular flexibility index (Phi) is 5.30. The average molecular weight is 350 g/mol. The van der Waals surface area contributed by atoms with E-state index in [1.54, 1.807) is 18.2 Å². The van der Waals surface area contributed by atoms with Gasteiger partial charge in [0.25, 0.3) is 10.0 Å². The standard InChI is InChI=1S/C16H18N2O5S/c1-11(19)17-12-5-4-6-13(9-12)18-24(20,21)16-8-7-14(22-2)10-15(16)23-3/h4-10,18H,1-3H3,(H,17,19). The monoisotopic (exact) mass is 350 g/mol. The molecule has 0 aliphatic rings. The third-order valence-corrected chi connectivity index (χ3v) is 4.52. The Morgan fingerprint density at radius 2 is 1.71 bits per heavy atom. The predicted octanol–water partition coefficient (Wildman–Crippen LogP) is 2.46. The molecule has 2 rings (SSSR count). The second-order valence-electron chi connectivity index (χ2n) is 4.88. The lowest BCUT2D eigenvalue weighted by molar-refractivity contribution is -0.114. The van der Waals surface area contributed by atoms with E-state index < -0.39 is 10.0 Å². The number of sulfonamides is 1. The van der Waals surface area contributed by atoms with Gasteiger partial charge in [0.2, 0.25) is 5.91 Å². The van der Waals surface area contributed by atoms with Crippen molar-refractivity contribution in [3.05, 3.63) is 42.5 Å². The molecule has 0 aliphatic carbocycles. The molecular formula is C16H18N2O5S. The Labute approximate surface area is 140 Å². The fourth-order valence-corrected chi connectivity index (χ4v) is 3.27. The third kappa shape index (κ3) is 4.17. The third-order valence-electron chi connectivity index (χ3n) is 3.10. The lowest BCUT2D eigenvalue weighted by Gasteiger charge is -2.13. The van der Waals surface area contributed by atoms with E-state index in [-0.39, 0.29) is 16.6 Å². The summed E-state index contributed by atoms with van der Waals surface area (Å²) in [7, 11) is -1.01. The summed E-state index contributed by atoms with van der Waals surface area (Å²) in [6, 6.07) is 10.8. The van der Waals surface area contributed by atoms with E-state index in [1.165, 1.54) is 45.4 Å². The van der Waals surface area contributed by atoms with Gasteiger partial charge in [0, 0.05) is 18.7 Å². The highest BCUT2D eigenvalue weighted by Gasteiger charge is 2.20. The number of anilines is 2. The largest absolute Gasteiger partial charge is 0.497 e. The van der Waals surface area contributed by atoms with Gasteiger partial charge in [0.15, 0.2) is 0 Å². The topological polar surface area (TPSA) is 93.7 Å². The molecule has 0 spiro atoms. The van der Waals surface area contributed by atoms with E-state index in [9.17, 15) is 13.2 Å². The molecule has 0 saturated carbocycles. The van der Waals surface area contributed by atoms with Gasteiger partial charge in [-0.05, 0) is 30.3 Å². The molecule has 0 unspecified atom stereocenters. The van der Waals surface area contributed by atoms with Gasteiger partial charge in [-0.3, -0.25) is 9.52 Å². The summed E-state index contributed by atoms with van der Waals surface area (Å²) in [5.41, 5.74) is 0.809. The number of methoxy groups -OCH3 is 2. The molecule has 2 N–H and O–H groups in total. The molecular weight excluding hydrogens is 332 g/mol. The summed E-state index contributed by atoms with van der Waals surface area (Å²) in [6.07, 6.45) is 0. The molecule has 7 nitrogen and oxygen atoms in total. The van der Waals surface area contributed by atoms with Crippen LogP contribution in [0.15, 0.2) is 47.4 Å². The van der Waals surface area contributed by atoms with Crippen LogP contribution in [-0.2, 0) is 14.8 Å². The van der Waals surface area contributed by atoms with Crippen molar-refractivity contribution in [3.63, 3.8) is 0 Å². The van der Waals surface area contributed by atoms with E-state index in [0.29, 0.717) is 17.1 Å². The van der Waals surface area contributed by atoms with Crippen LogP contribution in [0.1, 0.15) is 6.92 Å². The maximum absolute atomic E-state index is 12.6. The lowest BCUT2D eigenvalue weighted by atomic mass is 10.3. The molecule has 128 valence electrons. The van der Waals surface area contributed by atoms with E-state index in [2.05, 4.69) is 10.0 Å². The predicted molar refractivity (Wildman–Crippen MR) is 91.1 cm³/mol. The van der Waals surface area contributed by atoms with Gasteiger partial charge < -0.3 is 14.8 Å². The number of amides is 1. The molecule has 0 atom stereocenters. The van der Waals surface area contributed by atoms with Gasteiger partial charge >= 0.3 is 0 Å². The van der Waals surface area contributed by atoms with Crippen molar-refractivity contribution < 1.29 is 22.7 Å². The van der Waals surface area contributed by atoms with Crippen molar-refractivity contribution in [1.29, 1.82) is 0 Å². The summed E-state index contributed by atoms with van der Waals surface area (Å²) in [6.45, 7) is 1.37. The van der Waals surface area contributed by atoms with Crippen LogP contribution in [0, 0.1) is 0 Å². The minimum atomic E-state index is -3.87. The van der Waals surface area contributed by atoms with Gasteiger partial charge in [-0.25, -0.2) is 8.42 Å². The number of rotatable bonds is 6. The van der Waals surface area contributed by atoms with Gasteiger partial charge in [0.05, 0.1) is 19.9 Å². The molecule has 0 aromatic heterocycles. The van der Waals surface area contributed by atoms with Crippen LogP contribution in [-0.4, -0.2) is 28.5 Å². The van der Waals surface area contributed by atoms with Gasteiger partial charge in [-0.2, -0.15) is 0 Å². The summed E-state index contributed by atoms with van der Waals surface area (Å²) in [5, 5.41) is 2.59. The number of nitrogens with one attached hydrogen (secondary N) is 2. The fraction of sp³-hybridized carbons (Fsp3) is 0.188. The Bertz CT molecular complexity index is 849. The number of hydrogen-bond acceptors (Lipinski definition) is 5. The first-order chi connectivity index (χ1) is 11.4. The van der Waals surface area contributed by atoms with Crippen molar-refractivity contribution in [2.45, 2.75) is 11.8 Å². The maximum Gasteiger partial charge on any atom is 0.265 e. The van der Waals surface area contributed by atoms with Crippen molar-refractivity contribution in [3.8, 4) is 11.5 Å². The van der Waals surface area contributed by atoms with Gasteiger partial charge in [-0.1, -0.05) is 6.07 Å². The molecule has 2 aromatic carbocycles. The van der Waals surface area contributed by atoms with Crippen molar-refractivity contribution >= 4 is 27.3 Å². The van der Waals surface area contributed by atoms with Gasteiger partial charge in [0.1, 0.15) is 16.4 Å². The fourth-order valence-electron chi connectivity index (χ4n) is 2.07. The molecule has 24 heavy (non-hydrogen) atoms. The number of ether oxygens (including phenoxy) is 2. The first kappa shape index (κ1) is 17.6. The van der Waals surface area contributed by atoms with E-state index in [0.717, 1.165) is 0 Å². The van der Waals surface area contributed by atoms with Crippen molar-refractivity contribution in [2.75, 3.05) is 24.3 Å². The van der Waals surface area contributed by atoms with Crippen LogP contribution in [0.5, 0.6) is 11.5 Å². The number of carbonyl (C=O) groups is 1. The Balaban J connectivity index is 2.33. The zero-order valence-corrected chi connectivity index (χ0v) is 14.3. The normalized spacial score (nSPS) is 10.8. The number of benzene rings is 2. The minimum absolute atomic E-state index is 0.0178. The summed E-state index contributed by atoms with van der Waals surface area (Å²) < 4.78 is 37.8. The minimum Gasteiger partial charge on any atom is -0.497 e. The molecule has 0 radical (unpaired) electrons. The summed E-state index contributed by atoms with van der Waals surface area (Å²) >= 11 is 0. The van der Waals surface area contributed by atoms with Crippen LogP contribution in [0.2, 0.25) is 0 Å². The van der Waals surface area contributed by atoms with E-state index >= 15 is 0 Å². The molecule has 8 heteroatoms. The molecule has 2 aromatic rings. The summed E-state index contributed by atoms with van der Waals surface area (Å²) in [4.78, 5) is 11.1. The number of hydrogen-bond donors (Lipinski definition) is 2. The van der Waals surface area contributed by atoms with Crippen LogP contribution in [0.3, 0.4) is 0 Å². The highest BCUT2D eigenvalue weighted by molar-refractivity contribution is 7.92. The van der Waals surface area contributed by atoms with Crippen molar-refractivity contribution in [2.24, 2.45) is 0 Å². The van der Waals surface area contributed by atoms with Gasteiger partial charge in [-0.15, -0.1) is 0 Å². The van der Waals surface area contributed by atoms with Crippen molar-refractivity contribution in [1.82, 2.24) is 0 Å². The van der Waals surface area contributed by atoms with Crippen LogP contribution >= 0.6 is 0 Å². The summed E-state index contributed by atoms with van der Waals surface area (Å²) in [5.74, 6) is 0.408. The second kappa shape index (κ2) is 7.22. The van der Waals surface area contributed by atoms with Crippen LogP contribution < -0.4 is 19.5 Å². The van der Waals surface area contributed by atoms with Crippen LogP contribution in [0.4, 0.5) is 11.4 Å². The number of carbonyl (C=O) groups excluding carboxylic acids is 1. The molecule has 0 aliphatic heterocycles. The molecule has 0 fully saturated rings. The van der Waals surface area contributed by atoms with E-state index in [4.69, 9.17) is 9.47 Å². The zero-order chi connectivity index (χ0) is 17.7. The quantitative estimate of drug-likeness (QED) is 0.835. The first-order valence-electron chi connectivity index (χ1n) is 6.98. The highest BCUT2D eigenvalue weighted by atomic mass is 32.2. The first-order valence-corrected chi connectivity index (χ1v) is 8.46. The molecule has 0 heterocycles. The van der Waals surface area contributed by atoms with E-state index in [1.807, 2.05) is 0 Å². The Morgan fingerprint density at radius 3 is 2.33 bits per heavy atom. The highest BCUT2D eigenvalue weighted by Crippen LogP contribution is 2.30. The SMILES string of the molecule is COc1ccc(S(=O)(=O)Nc2cccc(NC(C)=O)c2)c(OC)c1. The smallest absolute Gasteiger partial charge is 0.265 e. The molecule has 0 saturated heterocycles. The Hall–Kier alpha value is -2.74. The maximum atomic E-state index is 12.6. The zero-order valence-electron chi connectivity index (χ0n) is 13.5. The Morgan fingerprint density at radius 1 is 1.00 bits per heavy atom. The molecule has 0 bridgehead atoms. The average Bonchev–Trinajstić information content (AvgIpc) is 2.53.